The largest absolute Gasteiger partial charge is 0.459 e. The first-order valence-electron chi connectivity index (χ1n) is 8.12. The van der Waals surface area contributed by atoms with Crippen LogP contribution in [0.5, 0.6) is 0 Å². The highest BCUT2D eigenvalue weighted by molar-refractivity contribution is 8.13. The average Bonchev–Trinajstić information content (AvgIpc) is 2.96. The molecule has 22 heavy (non-hydrogen) atoms. The second-order valence-corrected chi connectivity index (χ2v) is 9.34. The predicted molar refractivity (Wildman–Crippen MR) is 90.6 cm³/mol. The molecule has 3 unspecified atom stereocenters. The molecule has 1 saturated carbocycles. The van der Waals surface area contributed by atoms with Crippen LogP contribution in [0, 0.1) is 23.2 Å². The smallest absolute Gasteiger partial charge is 0.310 e. The number of hydrogen-bond acceptors (Lipinski definition) is 4. The van der Waals surface area contributed by atoms with Crippen molar-refractivity contribution >= 4 is 22.8 Å². The van der Waals surface area contributed by atoms with Gasteiger partial charge in [0.1, 0.15) is 5.60 Å². The molecule has 0 aromatic heterocycles. The first kappa shape index (κ1) is 17.6. The lowest BCUT2D eigenvalue weighted by Crippen LogP contribution is -2.37. The molecular weight excluding hydrogens is 296 g/mol. The van der Waals surface area contributed by atoms with Gasteiger partial charge in [-0.05, 0) is 50.4 Å². The van der Waals surface area contributed by atoms with E-state index in [1.165, 1.54) is 11.8 Å². The van der Waals surface area contributed by atoms with Crippen LogP contribution in [0.2, 0.25) is 0 Å². The summed E-state index contributed by atoms with van der Waals surface area (Å²) < 4.78 is 5.85. The zero-order chi connectivity index (χ0) is 16.5. The van der Waals surface area contributed by atoms with E-state index in [2.05, 4.69) is 26.0 Å². The van der Waals surface area contributed by atoms with E-state index in [1.807, 2.05) is 13.8 Å². The summed E-state index contributed by atoms with van der Waals surface area (Å²) in [5, 5.41) is 0.136. The molecule has 3 nitrogen and oxygen atoms in total. The van der Waals surface area contributed by atoms with Gasteiger partial charge in [0.2, 0.25) is 0 Å². The van der Waals surface area contributed by atoms with E-state index in [1.54, 1.807) is 6.92 Å². The van der Waals surface area contributed by atoms with Crippen molar-refractivity contribution in [3.8, 4) is 0 Å². The van der Waals surface area contributed by atoms with Gasteiger partial charge < -0.3 is 4.74 Å². The Morgan fingerprint density at radius 2 is 1.86 bits per heavy atom. The van der Waals surface area contributed by atoms with Crippen molar-refractivity contribution in [3.63, 3.8) is 0 Å². The molecule has 0 amide bonds. The molecule has 0 aliphatic heterocycles. The minimum absolute atomic E-state index is 0.0446. The fourth-order valence-electron chi connectivity index (χ4n) is 3.94. The maximum Gasteiger partial charge on any atom is 0.310 e. The fraction of sp³-hybridized carbons (Fsp3) is 0.778. The van der Waals surface area contributed by atoms with Crippen molar-refractivity contribution in [2.45, 2.75) is 59.5 Å². The molecule has 0 saturated heterocycles. The molecule has 0 aromatic rings. The number of rotatable bonds is 6. The van der Waals surface area contributed by atoms with Crippen molar-refractivity contribution in [3.05, 3.63) is 12.2 Å². The van der Waals surface area contributed by atoms with E-state index in [4.69, 9.17) is 4.74 Å². The molecule has 2 aliphatic rings. The molecule has 4 heteroatoms. The lowest BCUT2D eigenvalue weighted by Gasteiger charge is -2.35. The molecular formula is C18H28O3S. The van der Waals surface area contributed by atoms with Gasteiger partial charge in [-0.2, -0.15) is 0 Å². The number of hydrogen-bond donors (Lipinski definition) is 0. The van der Waals surface area contributed by atoms with Gasteiger partial charge in [0, 0.05) is 12.7 Å². The Morgan fingerprint density at radius 3 is 2.36 bits per heavy atom. The molecule has 0 N–H and O–H groups in total. The highest BCUT2D eigenvalue weighted by Gasteiger charge is 2.43. The van der Waals surface area contributed by atoms with Gasteiger partial charge in [-0.3, -0.25) is 9.59 Å². The molecule has 2 bridgehead atoms. The number of allylic oxidation sites excluding steroid dienone is 2. The van der Waals surface area contributed by atoms with Crippen molar-refractivity contribution < 1.29 is 14.3 Å². The summed E-state index contributed by atoms with van der Waals surface area (Å²) in [6, 6.07) is 0. The Labute approximate surface area is 138 Å². The summed E-state index contributed by atoms with van der Waals surface area (Å²) in [4.78, 5) is 23.6. The number of carbonyl (C=O) groups is 2. The van der Waals surface area contributed by atoms with Crippen LogP contribution in [-0.2, 0) is 14.3 Å². The number of fused-ring (bicyclic) bond motifs is 2. The monoisotopic (exact) mass is 324 g/mol. The average molecular weight is 324 g/mol. The van der Waals surface area contributed by atoms with Crippen LogP contribution < -0.4 is 0 Å². The maximum absolute atomic E-state index is 12.5. The van der Waals surface area contributed by atoms with E-state index < -0.39 is 5.60 Å². The SMILES string of the molecule is CC(=O)SCC(C)(C)CC(C)(C)OC(=O)C1CC2C=CC1C2. The van der Waals surface area contributed by atoms with Crippen LogP contribution >= 0.6 is 11.8 Å². The van der Waals surface area contributed by atoms with Gasteiger partial charge in [-0.15, -0.1) is 0 Å². The van der Waals surface area contributed by atoms with E-state index in [9.17, 15) is 9.59 Å². The number of ether oxygens (including phenoxy) is 1. The quantitative estimate of drug-likeness (QED) is 0.542. The molecule has 3 atom stereocenters. The van der Waals surface area contributed by atoms with E-state index in [-0.39, 0.29) is 22.4 Å². The Bertz CT molecular complexity index is 479. The maximum atomic E-state index is 12.5. The summed E-state index contributed by atoms with van der Waals surface area (Å²) in [6.07, 6.45) is 7.23. The number of carbonyl (C=O) groups excluding carboxylic acids is 2. The molecule has 2 aliphatic carbocycles. The van der Waals surface area contributed by atoms with Gasteiger partial charge >= 0.3 is 5.97 Å². The second-order valence-electron chi connectivity index (χ2n) is 8.19. The summed E-state index contributed by atoms with van der Waals surface area (Å²) in [5.41, 5.74) is -0.543. The first-order valence-corrected chi connectivity index (χ1v) is 9.11. The lowest BCUT2D eigenvalue weighted by molar-refractivity contribution is -0.164. The minimum Gasteiger partial charge on any atom is -0.459 e. The van der Waals surface area contributed by atoms with Gasteiger partial charge in [0.05, 0.1) is 5.92 Å². The second kappa shape index (κ2) is 6.38. The first-order chi connectivity index (χ1) is 10.1. The summed E-state index contributed by atoms with van der Waals surface area (Å²) in [7, 11) is 0. The highest BCUT2D eigenvalue weighted by atomic mass is 32.2. The zero-order valence-electron chi connectivity index (χ0n) is 14.3. The van der Waals surface area contributed by atoms with Gasteiger partial charge in [0.25, 0.3) is 0 Å². The normalized spacial score (nSPS) is 27.2. The van der Waals surface area contributed by atoms with Crippen molar-refractivity contribution in [1.82, 2.24) is 0 Å². The third kappa shape index (κ3) is 4.61. The molecule has 0 spiro atoms. The van der Waals surface area contributed by atoms with Crippen LogP contribution in [0.25, 0.3) is 0 Å². The third-order valence-corrected chi connectivity index (χ3v) is 5.86. The van der Waals surface area contributed by atoms with Crippen LogP contribution in [0.3, 0.4) is 0 Å². The molecule has 0 heterocycles. The lowest BCUT2D eigenvalue weighted by atomic mass is 9.83. The molecule has 0 aromatic carbocycles. The van der Waals surface area contributed by atoms with E-state index in [0.29, 0.717) is 11.8 Å². The molecule has 1 fully saturated rings. The minimum atomic E-state index is -0.497. The summed E-state index contributed by atoms with van der Waals surface area (Å²) in [5.74, 6) is 1.71. The fourth-order valence-corrected chi connectivity index (χ4v) is 4.63. The topological polar surface area (TPSA) is 43.4 Å². The summed E-state index contributed by atoms with van der Waals surface area (Å²) in [6.45, 7) is 9.80. The molecule has 2 rings (SSSR count). The van der Waals surface area contributed by atoms with Gasteiger partial charge in [0.15, 0.2) is 5.12 Å². The third-order valence-electron chi connectivity index (χ3n) is 4.53. The van der Waals surface area contributed by atoms with Gasteiger partial charge in [-0.1, -0.05) is 37.8 Å². The summed E-state index contributed by atoms with van der Waals surface area (Å²) >= 11 is 1.34. The molecule has 0 radical (unpaired) electrons. The standard InChI is InChI=1S/C18H28O3S/c1-12(19)22-11-17(2,3)10-18(4,5)21-16(20)15-9-13-6-7-14(15)8-13/h6-7,13-15H,8-11H2,1-5H3. The zero-order valence-corrected chi connectivity index (χ0v) is 15.2. The van der Waals surface area contributed by atoms with Crippen LogP contribution in [0.1, 0.15) is 53.9 Å². The van der Waals surface area contributed by atoms with Crippen LogP contribution in [0.15, 0.2) is 12.2 Å². The highest BCUT2D eigenvalue weighted by Crippen LogP contribution is 2.44. The Balaban J connectivity index is 1.88. The van der Waals surface area contributed by atoms with Crippen molar-refractivity contribution in [2.24, 2.45) is 23.2 Å². The Kier molecular flexibility index (Phi) is 5.10. The van der Waals surface area contributed by atoms with E-state index >= 15 is 0 Å². The van der Waals surface area contributed by atoms with Crippen LogP contribution in [0.4, 0.5) is 0 Å². The van der Waals surface area contributed by atoms with E-state index in [0.717, 1.165) is 25.0 Å². The predicted octanol–water partition coefficient (Wildman–Crippen LogP) is 4.22. The Morgan fingerprint density at radius 1 is 1.18 bits per heavy atom. The van der Waals surface area contributed by atoms with Crippen molar-refractivity contribution in [2.75, 3.05) is 5.75 Å². The van der Waals surface area contributed by atoms with Crippen LogP contribution in [-0.4, -0.2) is 22.4 Å². The molecule has 124 valence electrons. The van der Waals surface area contributed by atoms with Gasteiger partial charge in [-0.25, -0.2) is 0 Å². The van der Waals surface area contributed by atoms with Crippen molar-refractivity contribution in [1.29, 1.82) is 0 Å². The Hall–Kier alpha value is -0.770. The number of thioether (sulfide) groups is 1. The number of esters is 1.